The minimum Gasteiger partial charge on any atom is -0.508 e. The van der Waals surface area contributed by atoms with Gasteiger partial charge in [0, 0.05) is 18.0 Å². The highest BCUT2D eigenvalue weighted by molar-refractivity contribution is 5.89. The molecule has 1 N–H and O–H groups in total. The summed E-state index contributed by atoms with van der Waals surface area (Å²) >= 11 is 0. The average Bonchev–Trinajstić information content (AvgIpc) is 2.83. The zero-order valence-electron chi connectivity index (χ0n) is 21.9. The van der Waals surface area contributed by atoms with Crippen LogP contribution < -0.4 is 15.0 Å². The second-order valence-corrected chi connectivity index (χ2v) is 9.40. The largest absolute Gasteiger partial charge is 0.508 e. The maximum atomic E-state index is 13.6. The van der Waals surface area contributed by atoms with Crippen molar-refractivity contribution in [2.24, 2.45) is 0 Å². The van der Waals surface area contributed by atoms with Gasteiger partial charge in [-0.25, -0.2) is 0 Å². The molecular weight excluding hydrogens is 426 g/mol. The summed E-state index contributed by atoms with van der Waals surface area (Å²) in [4.78, 5) is 13.6. The number of unbranched alkanes of at least 4 members (excludes halogenated alkanes) is 11. The van der Waals surface area contributed by atoms with Crippen molar-refractivity contribution < 1.29 is 14.6 Å². The van der Waals surface area contributed by atoms with Crippen molar-refractivity contribution in [2.75, 3.05) is 13.2 Å². The molecule has 0 aliphatic carbocycles. The van der Waals surface area contributed by atoms with E-state index >= 15 is 0 Å². The fourth-order valence-electron chi connectivity index (χ4n) is 4.30. The third-order valence-corrected chi connectivity index (χ3v) is 6.39. The molecule has 0 saturated carbocycles. The zero-order chi connectivity index (χ0) is 24.6. The van der Waals surface area contributed by atoms with Crippen LogP contribution in [0.1, 0.15) is 111 Å². The van der Waals surface area contributed by atoms with Gasteiger partial charge in [-0.3, -0.25) is 4.79 Å². The Hall–Kier alpha value is -2.17. The van der Waals surface area contributed by atoms with Crippen molar-refractivity contribution >= 4 is 10.9 Å². The number of pyridine rings is 1. The summed E-state index contributed by atoms with van der Waals surface area (Å²) in [6.45, 7) is 8.24. The van der Waals surface area contributed by atoms with Crippen LogP contribution in [0.5, 0.6) is 17.2 Å². The molecule has 5 heteroatoms. The van der Waals surface area contributed by atoms with Gasteiger partial charge in [-0.1, -0.05) is 91.4 Å². The summed E-state index contributed by atoms with van der Waals surface area (Å²) < 4.78 is 14.0. The van der Waals surface area contributed by atoms with Gasteiger partial charge in [-0.05, 0) is 31.4 Å². The Morgan fingerprint density at radius 2 is 1.26 bits per heavy atom. The third kappa shape index (κ3) is 8.88. The number of ether oxygens (including phenoxy) is 2. The van der Waals surface area contributed by atoms with E-state index in [4.69, 9.17) is 9.47 Å². The van der Waals surface area contributed by atoms with Crippen molar-refractivity contribution in [3.63, 3.8) is 0 Å². The van der Waals surface area contributed by atoms with Crippen molar-refractivity contribution in [3.05, 3.63) is 28.6 Å². The average molecular weight is 474 g/mol. The fourth-order valence-corrected chi connectivity index (χ4v) is 4.30. The van der Waals surface area contributed by atoms with Gasteiger partial charge in [0.1, 0.15) is 5.75 Å². The monoisotopic (exact) mass is 473 g/mol. The highest BCUT2D eigenvalue weighted by Crippen LogP contribution is 2.35. The lowest BCUT2D eigenvalue weighted by Gasteiger charge is -2.19. The molecule has 0 atom stereocenters. The van der Waals surface area contributed by atoms with Crippen LogP contribution in [0.3, 0.4) is 0 Å². The molecule has 1 heterocycles. The Balaban J connectivity index is 2.26. The highest BCUT2D eigenvalue weighted by atomic mass is 16.5. The van der Waals surface area contributed by atoms with Crippen molar-refractivity contribution in [1.82, 2.24) is 4.57 Å². The predicted octanol–water partition coefficient (Wildman–Crippen LogP) is 7.99. The van der Waals surface area contributed by atoms with Crippen molar-refractivity contribution in [3.8, 4) is 17.2 Å². The second kappa shape index (κ2) is 16.5. The number of phenolic OH excluding ortho intramolecular Hbond substituents is 1. The quantitative estimate of drug-likeness (QED) is 0.210. The number of aromatic nitrogens is 1. The van der Waals surface area contributed by atoms with E-state index in [0.29, 0.717) is 31.3 Å². The number of rotatable bonds is 19. The van der Waals surface area contributed by atoms with Crippen LogP contribution in [-0.4, -0.2) is 22.9 Å². The summed E-state index contributed by atoms with van der Waals surface area (Å²) in [6, 6.07) is 5.19. The van der Waals surface area contributed by atoms with Gasteiger partial charge in [0.25, 0.3) is 5.56 Å². The summed E-state index contributed by atoms with van der Waals surface area (Å²) in [5, 5.41) is 11.0. The predicted molar refractivity (Wildman–Crippen MR) is 143 cm³/mol. The maximum absolute atomic E-state index is 13.6. The molecule has 1 aromatic heterocycles. The first-order chi connectivity index (χ1) is 16.6. The fraction of sp³-hybridized carbons (Fsp3) is 0.690. The smallest absolute Gasteiger partial charge is 0.297 e. The van der Waals surface area contributed by atoms with Crippen LogP contribution in [0.15, 0.2) is 23.0 Å². The lowest BCUT2D eigenvalue weighted by Crippen LogP contribution is -2.24. The van der Waals surface area contributed by atoms with E-state index in [1.165, 1.54) is 51.4 Å². The molecule has 192 valence electrons. The molecule has 2 rings (SSSR count). The molecule has 0 radical (unpaired) electrons. The van der Waals surface area contributed by atoms with E-state index in [-0.39, 0.29) is 11.3 Å². The van der Waals surface area contributed by atoms with Crippen molar-refractivity contribution in [1.29, 1.82) is 0 Å². The second-order valence-electron chi connectivity index (χ2n) is 9.40. The SMILES string of the molecule is CCCCCCCCOc1c(OCCCC)c2ccc(O)cc2n(CCCCCCCC)c1=O. The molecule has 0 saturated heterocycles. The third-order valence-electron chi connectivity index (χ3n) is 6.39. The van der Waals surface area contributed by atoms with E-state index in [1.54, 1.807) is 16.7 Å². The normalized spacial score (nSPS) is 11.3. The van der Waals surface area contributed by atoms with Gasteiger partial charge in [-0.2, -0.15) is 0 Å². The first-order valence-electron chi connectivity index (χ1n) is 13.8. The summed E-state index contributed by atoms with van der Waals surface area (Å²) in [5.41, 5.74) is 0.570. The molecule has 2 aromatic rings. The van der Waals surface area contributed by atoms with Gasteiger partial charge >= 0.3 is 0 Å². The number of hydrogen-bond acceptors (Lipinski definition) is 4. The number of hydrogen-bond donors (Lipinski definition) is 1. The Bertz CT molecular complexity index is 890. The lowest BCUT2D eigenvalue weighted by atomic mass is 10.1. The zero-order valence-corrected chi connectivity index (χ0v) is 21.9. The van der Waals surface area contributed by atoms with Crippen LogP contribution >= 0.6 is 0 Å². The minimum atomic E-state index is -0.149. The Morgan fingerprint density at radius 1 is 0.706 bits per heavy atom. The first kappa shape index (κ1) is 28.1. The number of nitrogens with zero attached hydrogens (tertiary/aromatic N) is 1. The first-order valence-corrected chi connectivity index (χ1v) is 13.8. The number of phenols is 1. The molecule has 34 heavy (non-hydrogen) atoms. The molecular formula is C29H47NO4. The van der Waals surface area contributed by atoms with Gasteiger partial charge in [-0.15, -0.1) is 0 Å². The standard InChI is InChI=1S/C29H47NO4/c1-4-7-10-12-14-16-20-30-26-23-24(31)18-19-25(26)27(33-21-9-6-3)28(29(30)32)34-22-17-15-13-11-8-5-2/h18-19,23,31H,4-17,20-22H2,1-3H3. The summed E-state index contributed by atoms with van der Waals surface area (Å²) in [6.07, 6.45) is 15.9. The molecule has 0 aliphatic heterocycles. The Labute approximate surface area is 206 Å². The molecule has 0 aliphatic rings. The number of fused-ring (bicyclic) bond motifs is 1. The van der Waals surface area contributed by atoms with Crippen LogP contribution in [0, 0.1) is 0 Å². The topological polar surface area (TPSA) is 60.7 Å². The Kier molecular flexibility index (Phi) is 13.6. The van der Waals surface area contributed by atoms with Crippen molar-refractivity contribution in [2.45, 2.75) is 117 Å². The molecule has 0 spiro atoms. The van der Waals surface area contributed by atoms with E-state index in [0.717, 1.165) is 49.4 Å². The van der Waals surface area contributed by atoms with Crippen LogP contribution in [0.25, 0.3) is 10.9 Å². The number of aryl methyl sites for hydroxylation is 1. The molecule has 5 nitrogen and oxygen atoms in total. The highest BCUT2D eigenvalue weighted by Gasteiger charge is 2.20. The minimum absolute atomic E-state index is 0.149. The van der Waals surface area contributed by atoms with Gasteiger partial charge in [0.15, 0.2) is 5.75 Å². The number of benzene rings is 1. The van der Waals surface area contributed by atoms with E-state index in [9.17, 15) is 9.90 Å². The summed E-state index contributed by atoms with van der Waals surface area (Å²) in [5.74, 6) is 1.01. The van der Waals surface area contributed by atoms with E-state index in [2.05, 4.69) is 20.8 Å². The van der Waals surface area contributed by atoms with E-state index < -0.39 is 0 Å². The number of aromatic hydroxyl groups is 1. The van der Waals surface area contributed by atoms with Gasteiger partial charge < -0.3 is 19.1 Å². The molecule has 0 bridgehead atoms. The lowest BCUT2D eigenvalue weighted by molar-refractivity contribution is 0.257. The van der Waals surface area contributed by atoms with Gasteiger partial charge in [0.05, 0.1) is 18.7 Å². The van der Waals surface area contributed by atoms with E-state index in [1.807, 2.05) is 6.07 Å². The molecule has 0 unspecified atom stereocenters. The van der Waals surface area contributed by atoms with Gasteiger partial charge in [0.2, 0.25) is 5.75 Å². The molecule has 0 fully saturated rings. The summed E-state index contributed by atoms with van der Waals surface area (Å²) in [7, 11) is 0. The molecule has 1 aromatic carbocycles. The van der Waals surface area contributed by atoms with Crippen LogP contribution in [0.2, 0.25) is 0 Å². The Morgan fingerprint density at radius 3 is 1.94 bits per heavy atom. The van der Waals surface area contributed by atoms with Crippen LogP contribution in [-0.2, 0) is 6.54 Å². The van der Waals surface area contributed by atoms with Crippen LogP contribution in [0.4, 0.5) is 0 Å². The maximum Gasteiger partial charge on any atom is 0.297 e. The molecule has 0 amide bonds.